The van der Waals surface area contributed by atoms with E-state index in [4.69, 9.17) is 0 Å². The van der Waals surface area contributed by atoms with Gasteiger partial charge in [-0.1, -0.05) is 0 Å². The summed E-state index contributed by atoms with van der Waals surface area (Å²) in [5.74, 6) is 0. The van der Waals surface area contributed by atoms with E-state index in [9.17, 15) is 26.4 Å². The van der Waals surface area contributed by atoms with Gasteiger partial charge >= 0.3 is 12.2 Å². The van der Waals surface area contributed by atoms with Gasteiger partial charge in [0, 0.05) is 0 Å². The van der Waals surface area contributed by atoms with Crippen LogP contribution in [0.3, 0.4) is 0 Å². The van der Waals surface area contributed by atoms with Gasteiger partial charge in [-0.25, -0.2) is 13.2 Å². The van der Waals surface area contributed by atoms with Gasteiger partial charge in [0.1, 0.15) is 0 Å². The van der Waals surface area contributed by atoms with Crippen molar-refractivity contribution in [3.05, 3.63) is 29.8 Å². The van der Waals surface area contributed by atoms with E-state index >= 15 is 0 Å². The summed E-state index contributed by atoms with van der Waals surface area (Å²) in [5.41, 5.74) is 5.26. The van der Waals surface area contributed by atoms with Crippen molar-refractivity contribution in [1.82, 2.24) is 10.3 Å². The van der Waals surface area contributed by atoms with E-state index in [1.165, 1.54) is 0 Å². The van der Waals surface area contributed by atoms with Crippen LogP contribution >= 0.6 is 0 Å². The highest BCUT2D eigenvalue weighted by Crippen LogP contribution is 2.29. The molecule has 0 heterocycles. The van der Waals surface area contributed by atoms with Gasteiger partial charge < -0.3 is 5.73 Å². The number of carbonyl (C=O) groups is 1. The normalized spacial score (nSPS) is 12.2. The van der Waals surface area contributed by atoms with Crippen LogP contribution < -0.4 is 16.0 Å². The maximum atomic E-state index is 12.2. The Labute approximate surface area is 100.0 Å². The van der Waals surface area contributed by atoms with Crippen LogP contribution in [0.5, 0.6) is 0 Å². The number of amides is 2. The minimum absolute atomic E-state index is 0.441. The predicted molar refractivity (Wildman–Crippen MR) is 54.5 cm³/mol. The van der Waals surface area contributed by atoms with Crippen molar-refractivity contribution < 1.29 is 26.4 Å². The number of nitrogens with one attached hydrogen (secondary N) is 2. The van der Waals surface area contributed by atoms with Crippen LogP contribution in [0.1, 0.15) is 5.56 Å². The molecule has 0 atom stereocenters. The van der Waals surface area contributed by atoms with Crippen molar-refractivity contribution in [1.29, 1.82) is 0 Å². The number of hydrazine groups is 1. The standard InChI is InChI=1S/C8H8F3N3O3S/c9-8(10,11)5-1-3-6(4-2-5)18(16,17)14-13-7(12)15/h1-4,14H,(H3,12,13,15). The van der Waals surface area contributed by atoms with Crippen LogP contribution in [0.2, 0.25) is 0 Å². The first-order valence-corrected chi connectivity index (χ1v) is 5.86. The van der Waals surface area contributed by atoms with Gasteiger partial charge in [-0.3, -0.25) is 5.43 Å². The number of benzene rings is 1. The highest BCUT2D eigenvalue weighted by Gasteiger charge is 2.30. The van der Waals surface area contributed by atoms with Crippen LogP contribution in [-0.4, -0.2) is 14.4 Å². The summed E-state index contributed by atoms with van der Waals surface area (Å²) >= 11 is 0. The van der Waals surface area contributed by atoms with E-state index in [0.29, 0.717) is 12.1 Å². The zero-order valence-corrected chi connectivity index (χ0v) is 9.47. The molecule has 1 rings (SSSR count). The van der Waals surface area contributed by atoms with Gasteiger partial charge in [0.15, 0.2) is 0 Å². The van der Waals surface area contributed by atoms with Gasteiger partial charge in [0.2, 0.25) is 0 Å². The minimum Gasteiger partial charge on any atom is -0.351 e. The lowest BCUT2D eigenvalue weighted by Gasteiger charge is -2.09. The zero-order chi connectivity index (χ0) is 14.0. The van der Waals surface area contributed by atoms with Gasteiger partial charge in [-0.15, -0.1) is 4.83 Å². The lowest BCUT2D eigenvalue weighted by molar-refractivity contribution is -0.137. The summed E-state index contributed by atoms with van der Waals surface area (Å²) < 4.78 is 59.6. The fraction of sp³-hybridized carbons (Fsp3) is 0.125. The lowest BCUT2D eigenvalue weighted by Crippen LogP contribution is -2.44. The maximum absolute atomic E-state index is 12.2. The first-order valence-electron chi connectivity index (χ1n) is 4.37. The van der Waals surface area contributed by atoms with Crippen molar-refractivity contribution in [3.8, 4) is 0 Å². The number of hydrogen-bond acceptors (Lipinski definition) is 3. The monoisotopic (exact) mass is 283 g/mol. The number of primary amides is 1. The Bertz CT molecular complexity index is 539. The van der Waals surface area contributed by atoms with Crippen LogP contribution in [0, 0.1) is 0 Å². The number of alkyl halides is 3. The van der Waals surface area contributed by atoms with Crippen molar-refractivity contribution in [2.75, 3.05) is 0 Å². The minimum atomic E-state index is -4.55. The number of hydrogen-bond donors (Lipinski definition) is 3. The molecule has 0 saturated carbocycles. The number of rotatable bonds is 3. The second-order valence-corrected chi connectivity index (χ2v) is 4.80. The highest BCUT2D eigenvalue weighted by atomic mass is 32.2. The van der Waals surface area contributed by atoms with E-state index in [0.717, 1.165) is 12.1 Å². The van der Waals surface area contributed by atoms with Gasteiger partial charge in [0.25, 0.3) is 10.0 Å². The molecule has 1 aromatic carbocycles. The van der Waals surface area contributed by atoms with E-state index in [-0.39, 0.29) is 0 Å². The molecule has 10 heteroatoms. The van der Waals surface area contributed by atoms with Crippen LogP contribution in [0.25, 0.3) is 0 Å². The third kappa shape index (κ3) is 3.60. The smallest absolute Gasteiger partial charge is 0.351 e. The number of sulfonamides is 1. The molecule has 0 aliphatic carbocycles. The topological polar surface area (TPSA) is 101 Å². The average Bonchev–Trinajstić information content (AvgIpc) is 2.26. The maximum Gasteiger partial charge on any atom is 0.416 e. The summed E-state index contributed by atoms with van der Waals surface area (Å²) in [6.45, 7) is 0. The van der Waals surface area contributed by atoms with E-state index in [2.05, 4.69) is 5.73 Å². The van der Waals surface area contributed by atoms with Gasteiger partial charge in [-0.05, 0) is 24.3 Å². The molecule has 4 N–H and O–H groups in total. The summed E-state index contributed by atoms with van der Waals surface area (Å²) in [5, 5.41) is 0. The van der Waals surface area contributed by atoms with Crippen LogP contribution in [-0.2, 0) is 16.2 Å². The van der Waals surface area contributed by atoms with Crippen LogP contribution in [0.15, 0.2) is 29.2 Å². The first-order chi connectivity index (χ1) is 8.13. The molecule has 6 nitrogen and oxygen atoms in total. The largest absolute Gasteiger partial charge is 0.416 e. The SMILES string of the molecule is NC(=O)NNS(=O)(=O)c1ccc(C(F)(F)F)cc1. The fourth-order valence-electron chi connectivity index (χ4n) is 0.999. The molecule has 0 aliphatic heterocycles. The molecule has 100 valence electrons. The Morgan fingerprint density at radius 2 is 1.67 bits per heavy atom. The van der Waals surface area contributed by atoms with E-state index in [1.807, 2.05) is 0 Å². The molecule has 0 spiro atoms. The third-order valence-corrected chi connectivity index (χ3v) is 3.06. The lowest BCUT2D eigenvalue weighted by atomic mass is 10.2. The average molecular weight is 283 g/mol. The van der Waals surface area contributed by atoms with Crippen molar-refractivity contribution in [2.45, 2.75) is 11.1 Å². The summed E-state index contributed by atoms with van der Waals surface area (Å²) in [6, 6.07) is 1.59. The van der Waals surface area contributed by atoms with Crippen molar-refractivity contribution >= 4 is 16.1 Å². The fourth-order valence-corrected chi connectivity index (χ4v) is 1.85. The molecular weight excluding hydrogens is 275 g/mol. The molecule has 0 bridgehead atoms. The molecule has 0 aliphatic rings. The number of nitrogens with two attached hydrogens (primary N) is 1. The molecule has 0 saturated heterocycles. The second kappa shape index (κ2) is 4.82. The Kier molecular flexibility index (Phi) is 3.82. The molecule has 0 fully saturated rings. The number of urea groups is 1. The summed E-state index contributed by atoms with van der Waals surface area (Å²) in [6.07, 6.45) is -4.55. The highest BCUT2D eigenvalue weighted by molar-refractivity contribution is 7.89. The molecule has 18 heavy (non-hydrogen) atoms. The third-order valence-electron chi connectivity index (χ3n) is 1.80. The molecule has 0 radical (unpaired) electrons. The second-order valence-electron chi connectivity index (χ2n) is 3.12. The Morgan fingerprint density at radius 3 is 2.06 bits per heavy atom. The molecule has 0 unspecified atom stereocenters. The van der Waals surface area contributed by atoms with Crippen molar-refractivity contribution in [3.63, 3.8) is 0 Å². The number of halogens is 3. The summed E-state index contributed by atoms with van der Waals surface area (Å²) in [7, 11) is -4.15. The molecule has 0 aromatic heterocycles. The molecule has 1 aromatic rings. The Balaban J connectivity index is 2.95. The van der Waals surface area contributed by atoms with Crippen LogP contribution in [0.4, 0.5) is 18.0 Å². The molecule has 2 amide bonds. The van der Waals surface area contributed by atoms with Gasteiger partial charge in [-0.2, -0.15) is 13.2 Å². The predicted octanol–water partition coefficient (Wildman–Crippen LogP) is 0.567. The van der Waals surface area contributed by atoms with Crippen molar-refractivity contribution in [2.24, 2.45) is 5.73 Å². The Morgan fingerprint density at radius 1 is 1.17 bits per heavy atom. The molecular formula is C8H8F3N3O3S. The number of carbonyl (C=O) groups excluding carboxylic acids is 1. The quantitative estimate of drug-likeness (QED) is 0.707. The summed E-state index contributed by atoms with van der Waals surface area (Å²) in [4.78, 5) is 11.5. The van der Waals surface area contributed by atoms with E-state index in [1.54, 1.807) is 10.3 Å². The van der Waals surface area contributed by atoms with Gasteiger partial charge in [0.05, 0.1) is 10.5 Å². The first kappa shape index (κ1) is 14.3. The Hall–Kier alpha value is -1.81. The zero-order valence-electron chi connectivity index (χ0n) is 8.65. The van der Waals surface area contributed by atoms with E-state index < -0.39 is 32.7 Å².